The normalized spacial score (nSPS) is 15.1. The lowest BCUT2D eigenvalue weighted by Crippen LogP contribution is -2.27. The number of rotatable bonds is 14. The fourth-order valence-electron chi connectivity index (χ4n) is 5.68. The second kappa shape index (κ2) is 14.9. The number of imidazole rings is 1. The molecule has 1 aromatic heterocycles. The number of aromatic nitrogens is 2. The first-order valence-electron chi connectivity index (χ1n) is 15.5. The van der Waals surface area contributed by atoms with Crippen LogP contribution in [-0.2, 0) is 13.1 Å². The fourth-order valence-corrected chi connectivity index (χ4v) is 5.68. The summed E-state index contributed by atoms with van der Waals surface area (Å²) in [6.07, 6.45) is 9.11. The Balaban J connectivity index is 1.59. The van der Waals surface area contributed by atoms with Crippen LogP contribution in [0.5, 0.6) is 5.75 Å². The van der Waals surface area contributed by atoms with E-state index < -0.39 is 0 Å². The summed E-state index contributed by atoms with van der Waals surface area (Å²) in [5.41, 5.74) is 4.90. The maximum Gasteiger partial charge on any atom is 0.141 e. The topological polar surface area (TPSA) is 33.5 Å². The van der Waals surface area contributed by atoms with Crippen LogP contribution in [-0.4, -0.2) is 59.2 Å². The van der Waals surface area contributed by atoms with E-state index in [1.807, 2.05) is 12.1 Å². The van der Waals surface area contributed by atoms with Crippen LogP contribution < -0.4 is 4.74 Å². The SMILES string of the molecule is COc1ccc(-c2nc3ccc(CN(CCC(C)C)CCC(C)C)cc3n2CCCN2CCCCCC2)cc1. The van der Waals surface area contributed by atoms with Crippen LogP contribution in [0.15, 0.2) is 42.5 Å². The number of benzene rings is 2. The summed E-state index contributed by atoms with van der Waals surface area (Å²) in [6.45, 7) is 17.3. The van der Waals surface area contributed by atoms with Crippen molar-refractivity contribution in [1.82, 2.24) is 19.4 Å². The van der Waals surface area contributed by atoms with Crippen molar-refractivity contribution in [3.05, 3.63) is 48.0 Å². The van der Waals surface area contributed by atoms with Gasteiger partial charge in [0, 0.05) is 18.7 Å². The maximum absolute atomic E-state index is 5.42. The van der Waals surface area contributed by atoms with E-state index in [0.717, 1.165) is 67.1 Å². The Kier molecular flexibility index (Phi) is 11.3. The zero-order valence-corrected chi connectivity index (χ0v) is 25.3. The predicted molar refractivity (Wildman–Crippen MR) is 165 cm³/mol. The molecule has 0 radical (unpaired) electrons. The van der Waals surface area contributed by atoms with Gasteiger partial charge in [-0.3, -0.25) is 4.90 Å². The van der Waals surface area contributed by atoms with Crippen molar-refractivity contribution in [2.75, 3.05) is 39.8 Å². The van der Waals surface area contributed by atoms with Gasteiger partial charge in [-0.15, -0.1) is 0 Å². The molecule has 3 aromatic rings. The molecule has 0 unspecified atom stereocenters. The minimum atomic E-state index is 0.728. The van der Waals surface area contributed by atoms with Crippen LogP contribution in [0, 0.1) is 11.8 Å². The van der Waals surface area contributed by atoms with Gasteiger partial charge in [-0.05, 0) is 119 Å². The summed E-state index contributed by atoms with van der Waals surface area (Å²) in [7, 11) is 1.72. The molecule has 1 saturated heterocycles. The Hall–Kier alpha value is -2.37. The quantitative estimate of drug-likeness (QED) is 0.211. The maximum atomic E-state index is 5.42. The minimum Gasteiger partial charge on any atom is -0.497 e. The summed E-state index contributed by atoms with van der Waals surface area (Å²) in [6, 6.07) is 15.3. The van der Waals surface area contributed by atoms with Gasteiger partial charge in [0.1, 0.15) is 11.6 Å². The van der Waals surface area contributed by atoms with E-state index in [1.165, 1.54) is 69.2 Å². The van der Waals surface area contributed by atoms with E-state index in [1.54, 1.807) is 7.11 Å². The van der Waals surface area contributed by atoms with Crippen molar-refractivity contribution in [3.8, 4) is 17.1 Å². The van der Waals surface area contributed by atoms with E-state index in [4.69, 9.17) is 9.72 Å². The number of hydrogen-bond donors (Lipinski definition) is 0. The lowest BCUT2D eigenvalue weighted by atomic mass is 10.1. The monoisotopic (exact) mass is 532 g/mol. The molecule has 0 N–H and O–H groups in total. The first-order chi connectivity index (χ1) is 18.9. The molecule has 214 valence electrons. The smallest absolute Gasteiger partial charge is 0.141 e. The Morgan fingerprint density at radius 3 is 2.13 bits per heavy atom. The van der Waals surface area contributed by atoms with E-state index in [0.29, 0.717) is 0 Å². The van der Waals surface area contributed by atoms with Gasteiger partial charge in [0.05, 0.1) is 18.1 Å². The minimum absolute atomic E-state index is 0.728. The summed E-state index contributed by atoms with van der Waals surface area (Å²) in [5, 5.41) is 0. The third-order valence-electron chi connectivity index (χ3n) is 8.17. The largest absolute Gasteiger partial charge is 0.497 e. The molecular formula is C34H52N4O. The van der Waals surface area contributed by atoms with Gasteiger partial charge < -0.3 is 14.2 Å². The van der Waals surface area contributed by atoms with Crippen molar-refractivity contribution >= 4 is 11.0 Å². The molecule has 2 heterocycles. The molecule has 39 heavy (non-hydrogen) atoms. The molecule has 0 saturated carbocycles. The molecule has 0 bridgehead atoms. The molecule has 2 aromatic carbocycles. The Morgan fingerprint density at radius 1 is 0.846 bits per heavy atom. The average Bonchev–Trinajstić information content (AvgIpc) is 3.08. The van der Waals surface area contributed by atoms with E-state index in [-0.39, 0.29) is 0 Å². The van der Waals surface area contributed by atoms with Gasteiger partial charge in [-0.25, -0.2) is 4.98 Å². The molecule has 0 amide bonds. The number of aryl methyl sites for hydroxylation is 1. The number of methoxy groups -OCH3 is 1. The van der Waals surface area contributed by atoms with Crippen molar-refractivity contribution in [2.24, 2.45) is 11.8 Å². The standard InChI is InChI=1S/C34H52N4O/c1-27(2)17-23-37(24-18-28(3)4)26-29-11-16-32-33(25-29)38(22-10-21-36-19-8-6-7-9-20-36)34(35-32)30-12-14-31(39-5)15-13-30/h11-16,25,27-28H,6-10,17-24,26H2,1-5H3. The summed E-state index contributed by atoms with van der Waals surface area (Å²) < 4.78 is 7.90. The predicted octanol–water partition coefficient (Wildman–Crippen LogP) is 7.87. The van der Waals surface area contributed by atoms with Crippen LogP contribution in [0.2, 0.25) is 0 Å². The van der Waals surface area contributed by atoms with Gasteiger partial charge in [0.25, 0.3) is 0 Å². The van der Waals surface area contributed by atoms with E-state index in [9.17, 15) is 0 Å². The highest BCUT2D eigenvalue weighted by atomic mass is 16.5. The first kappa shape index (κ1) is 29.6. The summed E-state index contributed by atoms with van der Waals surface area (Å²) in [4.78, 5) is 10.5. The summed E-state index contributed by atoms with van der Waals surface area (Å²) >= 11 is 0. The first-order valence-corrected chi connectivity index (χ1v) is 15.5. The Bertz CT molecular complexity index is 1110. The van der Waals surface area contributed by atoms with Crippen LogP contribution in [0.1, 0.15) is 78.2 Å². The number of likely N-dealkylation sites (tertiary alicyclic amines) is 1. The van der Waals surface area contributed by atoms with Crippen molar-refractivity contribution < 1.29 is 4.74 Å². The molecule has 5 nitrogen and oxygen atoms in total. The molecule has 0 atom stereocenters. The Morgan fingerprint density at radius 2 is 1.51 bits per heavy atom. The molecule has 0 aliphatic carbocycles. The average molecular weight is 533 g/mol. The van der Waals surface area contributed by atoms with Crippen molar-refractivity contribution in [1.29, 1.82) is 0 Å². The molecule has 0 spiro atoms. The summed E-state index contributed by atoms with van der Waals surface area (Å²) in [5.74, 6) is 3.41. The highest BCUT2D eigenvalue weighted by Gasteiger charge is 2.16. The molecular weight excluding hydrogens is 480 g/mol. The molecule has 4 rings (SSSR count). The van der Waals surface area contributed by atoms with E-state index in [2.05, 4.69) is 72.4 Å². The number of ether oxygens (including phenoxy) is 1. The van der Waals surface area contributed by atoms with Gasteiger partial charge in [0.15, 0.2) is 0 Å². The molecule has 1 aliphatic heterocycles. The van der Waals surface area contributed by atoms with Gasteiger partial charge in [-0.2, -0.15) is 0 Å². The van der Waals surface area contributed by atoms with Crippen LogP contribution in [0.3, 0.4) is 0 Å². The Labute approximate surface area is 237 Å². The lowest BCUT2D eigenvalue weighted by molar-refractivity contribution is 0.236. The number of hydrogen-bond acceptors (Lipinski definition) is 4. The van der Waals surface area contributed by atoms with Gasteiger partial charge >= 0.3 is 0 Å². The number of nitrogens with zero attached hydrogens (tertiary/aromatic N) is 4. The van der Waals surface area contributed by atoms with Crippen LogP contribution in [0.25, 0.3) is 22.4 Å². The van der Waals surface area contributed by atoms with Gasteiger partial charge in [-0.1, -0.05) is 46.6 Å². The van der Waals surface area contributed by atoms with Crippen LogP contribution >= 0.6 is 0 Å². The van der Waals surface area contributed by atoms with Crippen molar-refractivity contribution in [3.63, 3.8) is 0 Å². The highest BCUT2D eigenvalue weighted by Crippen LogP contribution is 2.28. The number of fused-ring (bicyclic) bond motifs is 1. The molecule has 5 heteroatoms. The highest BCUT2D eigenvalue weighted by molar-refractivity contribution is 5.81. The second-order valence-electron chi connectivity index (χ2n) is 12.4. The van der Waals surface area contributed by atoms with Gasteiger partial charge in [0.2, 0.25) is 0 Å². The van der Waals surface area contributed by atoms with Crippen molar-refractivity contribution in [2.45, 2.75) is 85.7 Å². The zero-order chi connectivity index (χ0) is 27.6. The zero-order valence-electron chi connectivity index (χ0n) is 25.3. The second-order valence-corrected chi connectivity index (χ2v) is 12.4. The van der Waals surface area contributed by atoms with Crippen LogP contribution in [0.4, 0.5) is 0 Å². The molecule has 1 aliphatic rings. The third-order valence-corrected chi connectivity index (χ3v) is 8.17. The van der Waals surface area contributed by atoms with E-state index >= 15 is 0 Å². The lowest BCUT2D eigenvalue weighted by Gasteiger charge is -2.24. The third kappa shape index (κ3) is 8.81. The molecule has 1 fully saturated rings. The fraction of sp³-hybridized carbons (Fsp3) is 0.618.